The Hall–Kier alpha value is -3.57. The van der Waals surface area contributed by atoms with E-state index in [0.717, 1.165) is 43.4 Å². The molecular formula is C31H33ClF3N3O4S. The van der Waals surface area contributed by atoms with Gasteiger partial charge in [-0.25, -0.2) is 8.42 Å². The highest BCUT2D eigenvalue weighted by Gasteiger charge is 2.36. The summed E-state index contributed by atoms with van der Waals surface area (Å²) in [4.78, 5) is 28.3. The van der Waals surface area contributed by atoms with E-state index in [0.29, 0.717) is 15.9 Å². The molecule has 2 amide bonds. The third-order valence-corrected chi connectivity index (χ3v) is 9.59. The largest absolute Gasteiger partial charge is 0.416 e. The predicted octanol–water partition coefficient (Wildman–Crippen LogP) is 6.34. The molecule has 0 saturated heterocycles. The summed E-state index contributed by atoms with van der Waals surface area (Å²) in [6.07, 6.45) is -1.19. The van der Waals surface area contributed by atoms with Gasteiger partial charge in [0.25, 0.3) is 10.0 Å². The summed E-state index contributed by atoms with van der Waals surface area (Å²) in [5, 5.41) is 2.68. The van der Waals surface area contributed by atoms with Crippen LogP contribution in [0.5, 0.6) is 0 Å². The molecule has 43 heavy (non-hydrogen) atoms. The maximum absolute atomic E-state index is 14.0. The maximum atomic E-state index is 14.0. The van der Waals surface area contributed by atoms with E-state index >= 15 is 0 Å². The van der Waals surface area contributed by atoms with Crippen molar-refractivity contribution in [1.82, 2.24) is 10.2 Å². The lowest BCUT2D eigenvalue weighted by Gasteiger charge is -2.33. The fraction of sp³-hybridized carbons (Fsp3) is 0.355. The highest BCUT2D eigenvalue weighted by molar-refractivity contribution is 7.92. The number of carbonyl (C=O) groups excluding carboxylic acids is 2. The van der Waals surface area contributed by atoms with Crippen LogP contribution in [-0.2, 0) is 32.3 Å². The van der Waals surface area contributed by atoms with E-state index in [1.165, 1.54) is 29.2 Å². The van der Waals surface area contributed by atoms with Crippen LogP contribution in [0.4, 0.5) is 18.9 Å². The van der Waals surface area contributed by atoms with Crippen LogP contribution in [-0.4, -0.2) is 43.8 Å². The van der Waals surface area contributed by atoms with Gasteiger partial charge in [0.2, 0.25) is 11.8 Å². The minimum atomic E-state index is -4.80. The molecule has 0 aromatic heterocycles. The van der Waals surface area contributed by atoms with Crippen LogP contribution in [0.1, 0.15) is 49.3 Å². The number of hydrogen-bond donors (Lipinski definition) is 1. The van der Waals surface area contributed by atoms with Gasteiger partial charge in [0.05, 0.1) is 21.2 Å². The van der Waals surface area contributed by atoms with Crippen LogP contribution >= 0.6 is 11.6 Å². The zero-order valence-electron chi connectivity index (χ0n) is 23.8. The van der Waals surface area contributed by atoms with Crippen molar-refractivity contribution in [3.63, 3.8) is 0 Å². The molecule has 0 bridgehead atoms. The van der Waals surface area contributed by atoms with E-state index in [4.69, 9.17) is 11.6 Å². The minimum absolute atomic E-state index is 0.0230. The number of hydrogen-bond acceptors (Lipinski definition) is 4. The van der Waals surface area contributed by atoms with Crippen LogP contribution in [0.25, 0.3) is 0 Å². The standard InChI is InChI=1S/C31H33ClF3N3O4S/c1-21-12-14-23(15-13-21)19-37(22(2)30(40)36-25-8-6-7-9-25)29(39)20-38(43(41,42)26-10-4-3-5-11-26)28-18-24(31(33,34)35)16-17-27(28)32/h3-5,10-18,22,25H,6-9,19-20H2,1-2H3,(H,36,40). The zero-order valence-corrected chi connectivity index (χ0v) is 25.3. The molecule has 1 saturated carbocycles. The lowest BCUT2D eigenvalue weighted by molar-refractivity contribution is -0.139. The number of halogens is 4. The van der Waals surface area contributed by atoms with Crippen molar-refractivity contribution in [2.24, 2.45) is 0 Å². The number of nitrogens with zero attached hydrogens (tertiary/aromatic N) is 2. The van der Waals surface area contributed by atoms with Gasteiger partial charge in [-0.15, -0.1) is 0 Å². The first-order chi connectivity index (χ1) is 20.3. The Labute approximate surface area is 254 Å². The van der Waals surface area contributed by atoms with Gasteiger partial charge in [-0.2, -0.15) is 13.2 Å². The smallest absolute Gasteiger partial charge is 0.352 e. The number of carbonyl (C=O) groups is 2. The molecule has 0 spiro atoms. The lowest BCUT2D eigenvalue weighted by atomic mass is 10.1. The van der Waals surface area contributed by atoms with Gasteiger partial charge in [-0.3, -0.25) is 13.9 Å². The van der Waals surface area contributed by atoms with Gasteiger partial charge < -0.3 is 10.2 Å². The third-order valence-electron chi connectivity index (χ3n) is 7.49. The van der Waals surface area contributed by atoms with Crippen molar-refractivity contribution in [2.75, 3.05) is 10.8 Å². The molecule has 3 aromatic rings. The number of aryl methyl sites for hydroxylation is 1. The summed E-state index contributed by atoms with van der Waals surface area (Å²) in [5.74, 6) is -1.19. The van der Waals surface area contributed by atoms with E-state index in [1.807, 2.05) is 19.1 Å². The number of anilines is 1. The summed E-state index contributed by atoms with van der Waals surface area (Å²) >= 11 is 6.29. The summed E-state index contributed by atoms with van der Waals surface area (Å²) in [7, 11) is -4.58. The molecule has 7 nitrogen and oxygen atoms in total. The van der Waals surface area contributed by atoms with Gasteiger partial charge in [0, 0.05) is 12.6 Å². The molecule has 1 unspecified atom stereocenters. The van der Waals surface area contributed by atoms with Crippen molar-refractivity contribution in [2.45, 2.75) is 69.2 Å². The van der Waals surface area contributed by atoms with Gasteiger partial charge in [-0.1, -0.05) is 72.5 Å². The Morgan fingerprint density at radius 2 is 1.63 bits per heavy atom. The van der Waals surface area contributed by atoms with Crippen LogP contribution in [0.2, 0.25) is 5.02 Å². The van der Waals surface area contributed by atoms with Crippen LogP contribution < -0.4 is 9.62 Å². The quantitative estimate of drug-likeness (QED) is 0.282. The monoisotopic (exact) mass is 635 g/mol. The molecule has 1 aliphatic rings. The van der Waals surface area contributed by atoms with Crippen LogP contribution in [0.3, 0.4) is 0 Å². The van der Waals surface area contributed by atoms with Crippen molar-refractivity contribution >= 4 is 39.1 Å². The van der Waals surface area contributed by atoms with Crippen molar-refractivity contribution in [3.8, 4) is 0 Å². The number of rotatable bonds is 10. The molecule has 230 valence electrons. The molecule has 1 aliphatic carbocycles. The van der Waals surface area contributed by atoms with E-state index < -0.39 is 51.9 Å². The molecule has 0 heterocycles. The van der Waals surface area contributed by atoms with Gasteiger partial charge in [0.1, 0.15) is 12.6 Å². The Kier molecular flexibility index (Phi) is 10.1. The van der Waals surface area contributed by atoms with E-state index in [1.54, 1.807) is 25.1 Å². The molecule has 12 heteroatoms. The first-order valence-corrected chi connectivity index (χ1v) is 15.7. The predicted molar refractivity (Wildman–Crippen MR) is 159 cm³/mol. The number of amides is 2. The average Bonchev–Trinajstić information content (AvgIpc) is 3.48. The van der Waals surface area contributed by atoms with Gasteiger partial charge in [0.15, 0.2) is 0 Å². The molecular weight excluding hydrogens is 603 g/mol. The summed E-state index contributed by atoms with van der Waals surface area (Å²) < 4.78 is 69.3. The topological polar surface area (TPSA) is 86.8 Å². The number of alkyl halides is 3. The fourth-order valence-electron chi connectivity index (χ4n) is 4.98. The van der Waals surface area contributed by atoms with E-state index in [2.05, 4.69) is 5.32 Å². The van der Waals surface area contributed by atoms with Crippen molar-refractivity contribution in [1.29, 1.82) is 0 Å². The highest BCUT2D eigenvalue weighted by atomic mass is 35.5. The Balaban J connectivity index is 1.75. The van der Waals surface area contributed by atoms with Crippen LogP contribution in [0, 0.1) is 6.92 Å². The van der Waals surface area contributed by atoms with Gasteiger partial charge in [-0.05, 0) is 62.6 Å². The van der Waals surface area contributed by atoms with E-state index in [9.17, 15) is 31.2 Å². The first-order valence-electron chi connectivity index (χ1n) is 13.9. The molecule has 1 N–H and O–H groups in total. The number of sulfonamides is 1. The summed E-state index contributed by atoms with van der Waals surface area (Å²) in [6.45, 7) is 2.51. The number of benzene rings is 3. The molecule has 3 aromatic carbocycles. The Morgan fingerprint density at radius 1 is 1.00 bits per heavy atom. The maximum Gasteiger partial charge on any atom is 0.416 e. The minimum Gasteiger partial charge on any atom is -0.352 e. The van der Waals surface area contributed by atoms with Crippen molar-refractivity contribution in [3.05, 3.63) is 94.5 Å². The molecule has 0 aliphatic heterocycles. The fourth-order valence-corrected chi connectivity index (χ4v) is 6.69. The molecule has 4 rings (SSSR count). The van der Waals surface area contributed by atoms with E-state index in [-0.39, 0.29) is 22.5 Å². The first kappa shape index (κ1) is 32.3. The number of nitrogens with one attached hydrogen (secondary N) is 1. The average molecular weight is 636 g/mol. The third kappa shape index (κ3) is 7.88. The van der Waals surface area contributed by atoms with Crippen LogP contribution in [0.15, 0.2) is 77.7 Å². The Bertz CT molecular complexity index is 1540. The van der Waals surface area contributed by atoms with Crippen molar-refractivity contribution < 1.29 is 31.2 Å². The second kappa shape index (κ2) is 13.4. The summed E-state index contributed by atoms with van der Waals surface area (Å²) in [5.41, 5.74) is 0.0301. The molecule has 0 radical (unpaired) electrons. The SMILES string of the molecule is Cc1ccc(CN(C(=O)CN(c2cc(C(F)(F)F)ccc2Cl)S(=O)(=O)c2ccccc2)C(C)C(=O)NC2CCCC2)cc1. The second-order valence-corrected chi connectivity index (χ2v) is 12.9. The van der Waals surface area contributed by atoms with Gasteiger partial charge >= 0.3 is 6.18 Å². The summed E-state index contributed by atoms with van der Waals surface area (Å²) in [6, 6.07) is 15.6. The second-order valence-electron chi connectivity index (χ2n) is 10.7. The Morgan fingerprint density at radius 3 is 2.23 bits per heavy atom. The zero-order chi connectivity index (χ0) is 31.4. The lowest BCUT2D eigenvalue weighted by Crippen LogP contribution is -2.52. The molecule has 1 fully saturated rings. The normalized spacial score (nSPS) is 14.7. The molecule has 1 atom stereocenters. The highest BCUT2D eigenvalue weighted by Crippen LogP contribution is 2.37.